The molecule has 0 spiro atoms. The summed E-state index contributed by atoms with van der Waals surface area (Å²) >= 11 is 3.40. The topological polar surface area (TPSA) is 41.6 Å². The van der Waals surface area contributed by atoms with E-state index in [-0.39, 0.29) is 6.03 Å². The molecular weight excluding hydrogens is 272 g/mol. The van der Waals surface area contributed by atoms with Crippen molar-refractivity contribution in [2.45, 2.75) is 0 Å². The first-order chi connectivity index (χ1) is 7.77. The fourth-order valence-electron chi connectivity index (χ4n) is 1.55. The Morgan fingerprint density at radius 3 is 2.94 bits per heavy atom. The van der Waals surface area contributed by atoms with Crippen molar-refractivity contribution in [2.75, 3.05) is 26.2 Å². The van der Waals surface area contributed by atoms with Gasteiger partial charge in [-0.1, -0.05) is 12.1 Å². The van der Waals surface area contributed by atoms with Gasteiger partial charge in [-0.25, -0.2) is 4.79 Å². The fraction of sp³-hybridized carbons (Fsp3) is 0.364. The number of urea groups is 1. The lowest BCUT2D eigenvalue weighted by atomic mass is 10.3. The molecule has 0 unspecified atom stereocenters. The Kier molecular flexibility index (Phi) is 3.66. The van der Waals surface area contributed by atoms with Gasteiger partial charge in [0.2, 0.25) is 0 Å². The lowest BCUT2D eigenvalue weighted by Gasteiger charge is -2.14. The van der Waals surface area contributed by atoms with E-state index in [2.05, 4.69) is 21.2 Å². The standard InChI is InChI=1S/C11H13BrN2O2/c12-9-3-1-2-4-10(9)16-8-7-14-6-5-13-11(14)15/h1-4H,5-8H2,(H,13,15). The Balaban J connectivity index is 1.80. The van der Waals surface area contributed by atoms with Gasteiger partial charge in [-0.15, -0.1) is 0 Å². The highest BCUT2D eigenvalue weighted by Gasteiger charge is 2.18. The molecule has 86 valence electrons. The van der Waals surface area contributed by atoms with Crippen LogP contribution in [0.5, 0.6) is 5.75 Å². The van der Waals surface area contributed by atoms with Crippen molar-refractivity contribution in [3.05, 3.63) is 28.7 Å². The number of benzene rings is 1. The van der Waals surface area contributed by atoms with Gasteiger partial charge < -0.3 is 15.0 Å². The van der Waals surface area contributed by atoms with Gasteiger partial charge in [0.25, 0.3) is 0 Å². The van der Waals surface area contributed by atoms with Crippen molar-refractivity contribution in [2.24, 2.45) is 0 Å². The number of ether oxygens (including phenoxy) is 1. The fourth-order valence-corrected chi connectivity index (χ4v) is 1.95. The molecule has 2 rings (SSSR count). The zero-order valence-electron chi connectivity index (χ0n) is 8.78. The summed E-state index contributed by atoms with van der Waals surface area (Å²) in [6.45, 7) is 2.62. The molecule has 4 nitrogen and oxygen atoms in total. The summed E-state index contributed by atoms with van der Waals surface area (Å²) in [7, 11) is 0. The van der Waals surface area contributed by atoms with E-state index in [1.807, 2.05) is 24.3 Å². The molecule has 1 N–H and O–H groups in total. The Labute approximate surface area is 103 Å². The lowest BCUT2D eigenvalue weighted by molar-refractivity contribution is 0.202. The second-order valence-electron chi connectivity index (χ2n) is 3.50. The predicted molar refractivity (Wildman–Crippen MR) is 64.6 cm³/mol. The van der Waals surface area contributed by atoms with Crippen LogP contribution in [0, 0.1) is 0 Å². The monoisotopic (exact) mass is 284 g/mol. The number of hydrogen-bond acceptors (Lipinski definition) is 2. The van der Waals surface area contributed by atoms with Crippen LogP contribution in [-0.4, -0.2) is 37.2 Å². The van der Waals surface area contributed by atoms with E-state index in [0.717, 1.165) is 23.3 Å². The van der Waals surface area contributed by atoms with Crippen molar-refractivity contribution in [1.82, 2.24) is 10.2 Å². The lowest BCUT2D eigenvalue weighted by Crippen LogP contribution is -2.31. The van der Waals surface area contributed by atoms with E-state index in [9.17, 15) is 4.79 Å². The summed E-state index contributed by atoms with van der Waals surface area (Å²) in [6.07, 6.45) is 0. The van der Waals surface area contributed by atoms with E-state index in [0.29, 0.717) is 13.2 Å². The molecule has 1 aliphatic heterocycles. The largest absolute Gasteiger partial charge is 0.491 e. The molecule has 1 heterocycles. The van der Waals surface area contributed by atoms with Crippen LogP contribution in [0.2, 0.25) is 0 Å². The zero-order valence-corrected chi connectivity index (χ0v) is 10.4. The molecule has 1 aliphatic rings. The number of hydrogen-bond donors (Lipinski definition) is 1. The highest BCUT2D eigenvalue weighted by Crippen LogP contribution is 2.23. The van der Waals surface area contributed by atoms with Crippen LogP contribution >= 0.6 is 15.9 Å². The molecule has 1 saturated heterocycles. The van der Waals surface area contributed by atoms with Gasteiger partial charge in [-0.05, 0) is 28.1 Å². The van der Waals surface area contributed by atoms with Crippen molar-refractivity contribution in [1.29, 1.82) is 0 Å². The summed E-state index contributed by atoms with van der Waals surface area (Å²) in [4.78, 5) is 13.0. The SMILES string of the molecule is O=C1NCCN1CCOc1ccccc1Br. The smallest absolute Gasteiger partial charge is 0.317 e. The summed E-state index contributed by atoms with van der Waals surface area (Å²) in [5, 5.41) is 2.75. The number of nitrogens with one attached hydrogen (secondary N) is 1. The molecule has 0 aromatic heterocycles. The minimum absolute atomic E-state index is 0.00396. The van der Waals surface area contributed by atoms with E-state index in [1.165, 1.54) is 0 Å². The van der Waals surface area contributed by atoms with Crippen molar-refractivity contribution in [3.63, 3.8) is 0 Å². The maximum Gasteiger partial charge on any atom is 0.317 e. The van der Waals surface area contributed by atoms with Gasteiger partial charge in [-0.3, -0.25) is 0 Å². The third kappa shape index (κ3) is 2.66. The number of carbonyl (C=O) groups is 1. The Bertz CT molecular complexity index is 384. The van der Waals surface area contributed by atoms with Crippen LogP contribution in [-0.2, 0) is 0 Å². The third-order valence-electron chi connectivity index (χ3n) is 2.40. The second-order valence-corrected chi connectivity index (χ2v) is 4.35. The van der Waals surface area contributed by atoms with Gasteiger partial charge in [0, 0.05) is 13.1 Å². The van der Waals surface area contributed by atoms with Crippen LogP contribution < -0.4 is 10.1 Å². The van der Waals surface area contributed by atoms with Crippen LogP contribution in [0.1, 0.15) is 0 Å². The minimum atomic E-state index is -0.00396. The molecule has 2 amide bonds. The zero-order chi connectivity index (χ0) is 11.4. The molecule has 5 heteroatoms. The van der Waals surface area contributed by atoms with E-state index < -0.39 is 0 Å². The molecular formula is C11H13BrN2O2. The third-order valence-corrected chi connectivity index (χ3v) is 3.06. The normalized spacial score (nSPS) is 15.1. The molecule has 0 radical (unpaired) electrons. The first-order valence-electron chi connectivity index (χ1n) is 5.17. The summed E-state index contributed by atoms with van der Waals surface area (Å²) in [5.74, 6) is 0.808. The highest BCUT2D eigenvalue weighted by molar-refractivity contribution is 9.10. The van der Waals surface area contributed by atoms with Crippen molar-refractivity contribution >= 4 is 22.0 Å². The number of nitrogens with zero attached hydrogens (tertiary/aromatic N) is 1. The first kappa shape index (κ1) is 11.3. The van der Waals surface area contributed by atoms with E-state index >= 15 is 0 Å². The molecule has 16 heavy (non-hydrogen) atoms. The number of amides is 2. The molecule has 0 bridgehead atoms. The molecule has 1 aromatic carbocycles. The van der Waals surface area contributed by atoms with Gasteiger partial charge in [0.15, 0.2) is 0 Å². The van der Waals surface area contributed by atoms with Crippen LogP contribution in [0.3, 0.4) is 0 Å². The Hall–Kier alpha value is -1.23. The Morgan fingerprint density at radius 1 is 1.44 bits per heavy atom. The maximum atomic E-state index is 11.2. The van der Waals surface area contributed by atoms with Crippen molar-refractivity contribution in [3.8, 4) is 5.75 Å². The van der Waals surface area contributed by atoms with Gasteiger partial charge in [0.1, 0.15) is 12.4 Å². The second kappa shape index (κ2) is 5.21. The minimum Gasteiger partial charge on any atom is -0.491 e. The molecule has 0 aliphatic carbocycles. The van der Waals surface area contributed by atoms with Crippen LogP contribution in [0.25, 0.3) is 0 Å². The average molecular weight is 285 g/mol. The molecule has 1 aromatic rings. The highest BCUT2D eigenvalue weighted by atomic mass is 79.9. The van der Waals surface area contributed by atoms with E-state index in [4.69, 9.17) is 4.74 Å². The first-order valence-corrected chi connectivity index (χ1v) is 5.97. The van der Waals surface area contributed by atoms with Crippen LogP contribution in [0.15, 0.2) is 28.7 Å². The number of carbonyl (C=O) groups excluding carboxylic acids is 1. The molecule has 0 atom stereocenters. The Morgan fingerprint density at radius 2 is 2.25 bits per heavy atom. The van der Waals surface area contributed by atoms with Crippen LogP contribution in [0.4, 0.5) is 4.79 Å². The number of halogens is 1. The number of para-hydroxylation sites is 1. The molecule has 1 fully saturated rings. The summed E-state index contributed by atoms with van der Waals surface area (Å²) in [5.41, 5.74) is 0. The maximum absolute atomic E-state index is 11.2. The summed E-state index contributed by atoms with van der Waals surface area (Å²) < 4.78 is 6.51. The summed E-state index contributed by atoms with van der Waals surface area (Å²) in [6, 6.07) is 7.68. The van der Waals surface area contributed by atoms with Crippen molar-refractivity contribution < 1.29 is 9.53 Å². The van der Waals surface area contributed by atoms with Gasteiger partial charge >= 0.3 is 6.03 Å². The number of rotatable bonds is 4. The molecule has 0 saturated carbocycles. The van der Waals surface area contributed by atoms with Gasteiger partial charge in [0.05, 0.1) is 11.0 Å². The quantitative estimate of drug-likeness (QED) is 0.917. The van der Waals surface area contributed by atoms with E-state index in [1.54, 1.807) is 4.90 Å². The van der Waals surface area contributed by atoms with Gasteiger partial charge in [-0.2, -0.15) is 0 Å². The average Bonchev–Trinajstić information content (AvgIpc) is 2.67. The predicted octanol–water partition coefficient (Wildman–Crippen LogP) is 1.85.